The first-order valence-electron chi connectivity index (χ1n) is 10.7. The summed E-state index contributed by atoms with van der Waals surface area (Å²) >= 11 is 0. The molecule has 0 amide bonds. The SMILES string of the molecule is CCCC(O)C(CCC)C(O)CC.O=C(O)c1ccccc1.O=C(O)c1ccccc1. The van der Waals surface area contributed by atoms with Gasteiger partial charge in [-0.1, -0.05) is 70.0 Å². The van der Waals surface area contributed by atoms with E-state index in [4.69, 9.17) is 10.2 Å². The van der Waals surface area contributed by atoms with Gasteiger partial charge in [0.1, 0.15) is 0 Å². The van der Waals surface area contributed by atoms with Crippen LogP contribution in [0.1, 0.15) is 73.6 Å². The van der Waals surface area contributed by atoms with Crippen LogP contribution in [-0.2, 0) is 0 Å². The minimum absolute atomic E-state index is 0.0787. The Morgan fingerprint density at radius 3 is 1.32 bits per heavy atom. The quantitative estimate of drug-likeness (QED) is 0.438. The number of carbonyl (C=O) groups is 2. The molecule has 0 aromatic heterocycles. The van der Waals surface area contributed by atoms with E-state index in [1.54, 1.807) is 60.7 Å². The second-order valence-corrected chi connectivity index (χ2v) is 7.13. The predicted molar refractivity (Wildman–Crippen MR) is 122 cm³/mol. The molecule has 6 nitrogen and oxygen atoms in total. The Balaban J connectivity index is 0.000000445. The highest BCUT2D eigenvalue weighted by Gasteiger charge is 2.23. The Morgan fingerprint density at radius 1 is 0.677 bits per heavy atom. The van der Waals surface area contributed by atoms with Crippen molar-refractivity contribution in [3.8, 4) is 0 Å². The third-order valence-corrected chi connectivity index (χ3v) is 4.65. The van der Waals surface area contributed by atoms with Crippen molar-refractivity contribution in [2.24, 2.45) is 5.92 Å². The summed E-state index contributed by atoms with van der Waals surface area (Å²) in [6.07, 6.45) is 3.84. The summed E-state index contributed by atoms with van der Waals surface area (Å²) in [5.41, 5.74) is 0.662. The molecule has 0 aliphatic rings. The van der Waals surface area contributed by atoms with Crippen LogP contribution in [0, 0.1) is 5.92 Å². The molecule has 2 aromatic carbocycles. The molecule has 3 unspecified atom stereocenters. The van der Waals surface area contributed by atoms with Gasteiger partial charge >= 0.3 is 11.9 Å². The molecular formula is C25H36O6. The predicted octanol–water partition coefficient (Wildman–Crippen LogP) is 5.10. The summed E-state index contributed by atoms with van der Waals surface area (Å²) in [5.74, 6) is -1.68. The third kappa shape index (κ3) is 12.6. The molecule has 31 heavy (non-hydrogen) atoms. The Labute approximate surface area is 185 Å². The van der Waals surface area contributed by atoms with E-state index in [0.29, 0.717) is 11.1 Å². The second kappa shape index (κ2) is 17.0. The first-order valence-corrected chi connectivity index (χ1v) is 10.7. The highest BCUT2D eigenvalue weighted by Crippen LogP contribution is 2.21. The summed E-state index contributed by atoms with van der Waals surface area (Å²) in [7, 11) is 0. The fraction of sp³-hybridized carbons (Fsp3) is 0.440. The van der Waals surface area contributed by atoms with Crippen molar-refractivity contribution in [3.05, 3.63) is 71.8 Å². The molecule has 6 heteroatoms. The first-order chi connectivity index (χ1) is 14.8. The number of hydrogen-bond donors (Lipinski definition) is 4. The molecule has 2 aromatic rings. The van der Waals surface area contributed by atoms with Crippen molar-refractivity contribution in [1.29, 1.82) is 0 Å². The summed E-state index contributed by atoms with van der Waals surface area (Å²) < 4.78 is 0. The van der Waals surface area contributed by atoms with Crippen LogP contribution in [0.5, 0.6) is 0 Å². The van der Waals surface area contributed by atoms with Gasteiger partial charge < -0.3 is 20.4 Å². The summed E-state index contributed by atoms with van der Waals surface area (Å²) in [6.45, 7) is 6.12. The van der Waals surface area contributed by atoms with Crippen LogP contribution < -0.4 is 0 Å². The standard InChI is InChI=1S/C11H24O2.2C7H6O2/c1-4-7-9(10(12)6-3)11(13)8-5-2;2*8-7(9)6-4-2-1-3-5-6/h9-13H,4-8H2,1-3H3;2*1-5H,(H,8,9). The number of hydrogen-bond acceptors (Lipinski definition) is 4. The van der Waals surface area contributed by atoms with Crippen LogP contribution in [0.2, 0.25) is 0 Å². The molecule has 0 saturated heterocycles. The maximum Gasteiger partial charge on any atom is 0.335 e. The molecule has 0 saturated carbocycles. The van der Waals surface area contributed by atoms with Gasteiger partial charge in [0.25, 0.3) is 0 Å². The number of aliphatic hydroxyl groups is 2. The van der Waals surface area contributed by atoms with E-state index in [1.165, 1.54) is 0 Å². The number of carboxylic acids is 2. The van der Waals surface area contributed by atoms with Crippen LogP contribution in [-0.4, -0.2) is 44.6 Å². The minimum Gasteiger partial charge on any atom is -0.478 e. The maximum atomic E-state index is 10.2. The van der Waals surface area contributed by atoms with Gasteiger partial charge in [0.2, 0.25) is 0 Å². The van der Waals surface area contributed by atoms with Crippen LogP contribution in [0.15, 0.2) is 60.7 Å². The molecule has 0 bridgehead atoms. The normalized spacial score (nSPS) is 12.8. The Hall–Kier alpha value is -2.70. The first kappa shape index (κ1) is 28.3. The zero-order valence-corrected chi connectivity index (χ0v) is 18.6. The Morgan fingerprint density at radius 2 is 1.06 bits per heavy atom. The van der Waals surface area contributed by atoms with Gasteiger partial charge in [-0.15, -0.1) is 0 Å². The van der Waals surface area contributed by atoms with Gasteiger partial charge in [0.05, 0.1) is 23.3 Å². The van der Waals surface area contributed by atoms with Crippen LogP contribution in [0.25, 0.3) is 0 Å². The van der Waals surface area contributed by atoms with Gasteiger partial charge in [-0.25, -0.2) is 9.59 Å². The molecular weight excluding hydrogens is 396 g/mol. The fourth-order valence-electron chi connectivity index (χ4n) is 2.95. The zero-order valence-electron chi connectivity index (χ0n) is 18.6. The largest absolute Gasteiger partial charge is 0.478 e. The monoisotopic (exact) mass is 432 g/mol. The number of carboxylic acid groups (broad SMARTS) is 2. The van der Waals surface area contributed by atoms with Crippen molar-refractivity contribution in [3.63, 3.8) is 0 Å². The summed E-state index contributed by atoms with van der Waals surface area (Å²) in [5, 5.41) is 36.2. The van der Waals surface area contributed by atoms with E-state index >= 15 is 0 Å². The molecule has 0 heterocycles. The van der Waals surface area contributed by atoms with Crippen molar-refractivity contribution >= 4 is 11.9 Å². The zero-order chi connectivity index (χ0) is 23.6. The van der Waals surface area contributed by atoms with Crippen molar-refractivity contribution < 1.29 is 30.0 Å². The molecule has 0 aliphatic carbocycles. The topological polar surface area (TPSA) is 115 Å². The van der Waals surface area contributed by atoms with E-state index in [0.717, 1.165) is 32.1 Å². The molecule has 3 atom stereocenters. The smallest absolute Gasteiger partial charge is 0.335 e. The maximum absolute atomic E-state index is 10.2. The van der Waals surface area contributed by atoms with E-state index in [9.17, 15) is 19.8 Å². The Kier molecular flexibility index (Phi) is 15.5. The fourth-order valence-corrected chi connectivity index (χ4v) is 2.95. The molecule has 0 fully saturated rings. The van der Waals surface area contributed by atoms with E-state index in [2.05, 4.69) is 13.8 Å². The van der Waals surface area contributed by atoms with Gasteiger partial charge in [0.15, 0.2) is 0 Å². The lowest BCUT2D eigenvalue weighted by molar-refractivity contribution is 0.00175. The van der Waals surface area contributed by atoms with Gasteiger partial charge in [0, 0.05) is 5.92 Å². The van der Waals surface area contributed by atoms with Crippen molar-refractivity contribution in [2.45, 2.75) is 65.1 Å². The highest BCUT2D eigenvalue weighted by atomic mass is 16.4. The lowest BCUT2D eigenvalue weighted by Crippen LogP contribution is -2.31. The molecule has 2 rings (SSSR count). The highest BCUT2D eigenvalue weighted by molar-refractivity contribution is 5.87. The Bertz CT molecular complexity index is 668. The average Bonchev–Trinajstić information content (AvgIpc) is 2.79. The van der Waals surface area contributed by atoms with E-state index < -0.39 is 11.9 Å². The third-order valence-electron chi connectivity index (χ3n) is 4.65. The van der Waals surface area contributed by atoms with Gasteiger partial charge in [-0.05, 0) is 43.5 Å². The number of aliphatic hydroxyl groups excluding tert-OH is 2. The van der Waals surface area contributed by atoms with Crippen molar-refractivity contribution in [1.82, 2.24) is 0 Å². The molecule has 172 valence electrons. The molecule has 0 radical (unpaired) electrons. The summed E-state index contributed by atoms with van der Waals surface area (Å²) in [4.78, 5) is 20.4. The minimum atomic E-state index is -0.879. The molecule has 4 N–H and O–H groups in total. The van der Waals surface area contributed by atoms with E-state index in [-0.39, 0.29) is 18.1 Å². The van der Waals surface area contributed by atoms with Crippen LogP contribution >= 0.6 is 0 Å². The lowest BCUT2D eigenvalue weighted by atomic mass is 9.88. The van der Waals surface area contributed by atoms with Gasteiger partial charge in [-0.2, -0.15) is 0 Å². The molecule has 0 aliphatic heterocycles. The van der Waals surface area contributed by atoms with Gasteiger partial charge in [-0.3, -0.25) is 0 Å². The van der Waals surface area contributed by atoms with E-state index in [1.807, 2.05) is 6.92 Å². The number of benzene rings is 2. The lowest BCUT2D eigenvalue weighted by Gasteiger charge is -2.26. The van der Waals surface area contributed by atoms with Crippen molar-refractivity contribution in [2.75, 3.05) is 0 Å². The van der Waals surface area contributed by atoms with Crippen LogP contribution in [0.3, 0.4) is 0 Å². The second-order valence-electron chi connectivity index (χ2n) is 7.13. The average molecular weight is 433 g/mol. The summed E-state index contributed by atoms with van der Waals surface area (Å²) in [6, 6.07) is 16.6. The number of aromatic carboxylic acids is 2. The van der Waals surface area contributed by atoms with Crippen LogP contribution in [0.4, 0.5) is 0 Å². The number of rotatable bonds is 9. The molecule has 0 spiro atoms.